The number of fused-ring (bicyclic) bond motifs is 2. The zero-order valence-electron chi connectivity index (χ0n) is 17.0. The van der Waals surface area contributed by atoms with E-state index in [9.17, 15) is 4.21 Å². The third-order valence-corrected chi connectivity index (χ3v) is 7.25. The summed E-state index contributed by atoms with van der Waals surface area (Å²) < 4.78 is 23.9. The van der Waals surface area contributed by atoms with Crippen molar-refractivity contribution in [1.82, 2.24) is 4.72 Å². The molecule has 1 unspecified atom stereocenters. The average molecular weight is 451 g/mol. The van der Waals surface area contributed by atoms with E-state index in [0.29, 0.717) is 35.0 Å². The van der Waals surface area contributed by atoms with Gasteiger partial charge in [0.25, 0.3) is 0 Å². The fraction of sp³-hybridized carbons (Fsp3) is 0.208. The molecule has 0 radical (unpaired) electrons. The highest BCUT2D eigenvalue weighted by Gasteiger charge is 2.20. The molecule has 7 heteroatoms. The quantitative estimate of drug-likeness (QED) is 0.490. The molecule has 0 saturated heterocycles. The maximum atomic E-state index is 12.8. The van der Waals surface area contributed by atoms with E-state index in [4.69, 9.17) is 21.6 Å². The molecule has 1 aliphatic rings. The molecule has 0 fully saturated rings. The Kier molecular flexibility index (Phi) is 6.28. The van der Waals surface area contributed by atoms with E-state index >= 15 is 0 Å². The summed E-state index contributed by atoms with van der Waals surface area (Å²) in [7, 11) is -3.12. The lowest BCUT2D eigenvalue weighted by Gasteiger charge is -2.27. The molecule has 2 N–H and O–H groups in total. The van der Waals surface area contributed by atoms with Gasteiger partial charge >= 0.3 is 0 Å². The Morgan fingerprint density at radius 2 is 1.74 bits per heavy atom. The molecule has 1 atom stereocenters. The van der Waals surface area contributed by atoms with E-state index in [1.165, 1.54) is 16.8 Å². The summed E-state index contributed by atoms with van der Waals surface area (Å²) in [5.41, 5.74) is 5.31. The van der Waals surface area contributed by atoms with Gasteiger partial charge in [0.05, 0.1) is 16.5 Å². The fourth-order valence-electron chi connectivity index (χ4n) is 3.88. The summed E-state index contributed by atoms with van der Waals surface area (Å²) in [6.45, 7) is 1.14. The monoisotopic (exact) mass is 450 g/mol. The smallest absolute Gasteiger partial charge is 0.134 e. The Morgan fingerprint density at radius 3 is 2.48 bits per heavy atom. The molecule has 1 heterocycles. The SMILES string of the molecule is N#Cc1ccc(S(=N)(=O)NCCCN2c3ccccc3CCc3ccc(Cl)cc32)cc1. The van der Waals surface area contributed by atoms with Gasteiger partial charge in [-0.05, 0) is 72.9 Å². The second kappa shape index (κ2) is 9.11. The number of hydrogen-bond donors (Lipinski definition) is 2. The van der Waals surface area contributed by atoms with Crippen LogP contribution in [0.15, 0.2) is 71.6 Å². The van der Waals surface area contributed by atoms with E-state index < -0.39 is 9.92 Å². The molecule has 5 nitrogen and oxygen atoms in total. The highest BCUT2D eigenvalue weighted by Crippen LogP contribution is 2.37. The van der Waals surface area contributed by atoms with Crippen molar-refractivity contribution < 1.29 is 4.21 Å². The standard InChI is InChI=1S/C24H23ClN4OS/c25-21-11-10-20-9-8-19-4-1-2-5-23(19)29(24(20)16-21)15-3-14-28-31(27,30)22-12-6-18(17-26)7-13-22/h1-2,4-7,10-13,16H,3,8-9,14-15H2,(H2,27,28,30). The van der Waals surface area contributed by atoms with Crippen LogP contribution >= 0.6 is 11.6 Å². The topological polar surface area (TPSA) is 80.0 Å². The predicted octanol–water partition coefficient (Wildman–Crippen LogP) is 5.45. The van der Waals surface area contributed by atoms with Crippen molar-refractivity contribution in [2.45, 2.75) is 24.2 Å². The van der Waals surface area contributed by atoms with Crippen LogP contribution in [-0.2, 0) is 22.8 Å². The molecule has 0 amide bonds. The van der Waals surface area contributed by atoms with Gasteiger partial charge in [0.1, 0.15) is 9.92 Å². The Morgan fingerprint density at radius 1 is 1.03 bits per heavy atom. The van der Waals surface area contributed by atoms with Crippen molar-refractivity contribution in [2.75, 3.05) is 18.0 Å². The van der Waals surface area contributed by atoms with Crippen molar-refractivity contribution in [3.05, 3.63) is 88.4 Å². The lowest BCUT2D eigenvalue weighted by molar-refractivity contribution is 0.657. The van der Waals surface area contributed by atoms with E-state index in [-0.39, 0.29) is 0 Å². The van der Waals surface area contributed by atoms with Gasteiger partial charge in [-0.25, -0.2) is 13.7 Å². The maximum absolute atomic E-state index is 12.8. The van der Waals surface area contributed by atoms with Crippen LogP contribution in [0.2, 0.25) is 5.02 Å². The summed E-state index contributed by atoms with van der Waals surface area (Å²) in [4.78, 5) is 2.65. The first-order valence-corrected chi connectivity index (χ1v) is 12.1. The molecule has 1 aliphatic heterocycles. The van der Waals surface area contributed by atoms with Crippen molar-refractivity contribution >= 4 is 32.9 Å². The number of halogens is 1. The second-order valence-electron chi connectivity index (χ2n) is 7.49. The first kappa shape index (κ1) is 21.4. The number of hydrogen-bond acceptors (Lipinski definition) is 4. The first-order chi connectivity index (χ1) is 15.0. The van der Waals surface area contributed by atoms with Crippen LogP contribution in [0.5, 0.6) is 0 Å². The van der Waals surface area contributed by atoms with Crippen LogP contribution in [0.4, 0.5) is 11.4 Å². The Hall–Kier alpha value is -2.85. The zero-order valence-corrected chi connectivity index (χ0v) is 18.5. The number of anilines is 2. The van der Waals surface area contributed by atoms with Crippen molar-refractivity contribution in [1.29, 1.82) is 10.0 Å². The first-order valence-electron chi connectivity index (χ1n) is 10.2. The van der Waals surface area contributed by atoms with Crippen LogP contribution in [0.25, 0.3) is 0 Å². The third kappa shape index (κ3) is 4.75. The van der Waals surface area contributed by atoms with Gasteiger partial charge < -0.3 is 4.90 Å². The highest BCUT2D eigenvalue weighted by atomic mass is 35.5. The van der Waals surface area contributed by atoms with Gasteiger partial charge in [0.2, 0.25) is 0 Å². The average Bonchev–Trinajstić information content (AvgIpc) is 2.93. The van der Waals surface area contributed by atoms with Crippen LogP contribution in [-0.4, -0.2) is 17.3 Å². The fourth-order valence-corrected chi connectivity index (χ4v) is 5.17. The minimum atomic E-state index is -3.12. The molecule has 0 bridgehead atoms. The number of benzene rings is 3. The van der Waals surface area contributed by atoms with Crippen LogP contribution in [0.3, 0.4) is 0 Å². The number of para-hydroxylation sites is 1. The summed E-state index contributed by atoms with van der Waals surface area (Å²) in [5, 5.41) is 9.61. The highest BCUT2D eigenvalue weighted by molar-refractivity contribution is 7.90. The summed E-state index contributed by atoms with van der Waals surface area (Å²) in [5.74, 6) is 0. The van der Waals surface area contributed by atoms with Crippen molar-refractivity contribution in [3.8, 4) is 6.07 Å². The molecule has 3 aromatic carbocycles. The normalized spacial score (nSPS) is 14.6. The Balaban J connectivity index is 1.49. The molecule has 158 valence electrons. The van der Waals surface area contributed by atoms with Gasteiger partial charge in [0.15, 0.2) is 0 Å². The van der Waals surface area contributed by atoms with Gasteiger partial charge in [-0.1, -0.05) is 35.9 Å². The number of nitriles is 1. The molecular weight excluding hydrogens is 428 g/mol. The lowest BCUT2D eigenvalue weighted by Crippen LogP contribution is -2.27. The summed E-state index contributed by atoms with van der Waals surface area (Å²) in [6, 6.07) is 22.8. The largest absolute Gasteiger partial charge is 0.341 e. The molecular formula is C24H23ClN4OS. The van der Waals surface area contributed by atoms with Crippen LogP contribution in [0.1, 0.15) is 23.1 Å². The lowest BCUT2D eigenvalue weighted by atomic mass is 10.0. The van der Waals surface area contributed by atoms with Crippen molar-refractivity contribution in [3.63, 3.8) is 0 Å². The van der Waals surface area contributed by atoms with Gasteiger partial charge in [-0.2, -0.15) is 5.26 Å². The molecule has 0 aromatic heterocycles. The molecule has 31 heavy (non-hydrogen) atoms. The van der Waals surface area contributed by atoms with E-state index in [2.05, 4.69) is 33.9 Å². The van der Waals surface area contributed by atoms with Gasteiger partial charge in [-0.15, -0.1) is 0 Å². The Bertz CT molecular complexity index is 1230. The van der Waals surface area contributed by atoms with Crippen LogP contribution in [0, 0.1) is 16.1 Å². The van der Waals surface area contributed by atoms with Gasteiger partial charge in [-0.3, -0.25) is 0 Å². The number of nitrogens with zero attached hydrogens (tertiary/aromatic N) is 2. The Labute approximate surface area is 188 Å². The number of nitrogens with one attached hydrogen (secondary N) is 2. The maximum Gasteiger partial charge on any atom is 0.134 e. The minimum absolute atomic E-state index is 0.378. The molecule has 0 saturated carbocycles. The number of aryl methyl sites for hydroxylation is 2. The van der Waals surface area contributed by atoms with Crippen LogP contribution < -0.4 is 9.62 Å². The van der Waals surface area contributed by atoms with E-state index in [0.717, 1.165) is 18.5 Å². The molecule has 4 rings (SSSR count). The molecule has 3 aromatic rings. The molecule has 0 aliphatic carbocycles. The minimum Gasteiger partial charge on any atom is -0.341 e. The van der Waals surface area contributed by atoms with Crippen molar-refractivity contribution in [2.24, 2.45) is 0 Å². The summed E-state index contributed by atoms with van der Waals surface area (Å²) in [6.07, 6.45) is 2.63. The second-order valence-corrected chi connectivity index (χ2v) is 9.80. The third-order valence-electron chi connectivity index (χ3n) is 5.46. The van der Waals surface area contributed by atoms with E-state index in [1.807, 2.05) is 24.3 Å². The summed E-state index contributed by atoms with van der Waals surface area (Å²) >= 11 is 6.31. The predicted molar refractivity (Wildman–Crippen MR) is 125 cm³/mol. The van der Waals surface area contributed by atoms with E-state index in [1.54, 1.807) is 24.3 Å². The zero-order chi connectivity index (χ0) is 21.8. The number of rotatable bonds is 6. The molecule has 0 spiro atoms. The van der Waals surface area contributed by atoms with Gasteiger partial charge in [0, 0.05) is 29.5 Å².